The third-order valence-electron chi connectivity index (χ3n) is 14.4. The fraction of sp³-hybridized carbons (Fsp3) is 0.421. The van der Waals surface area contributed by atoms with Crippen LogP contribution in [-0.2, 0) is 96.3 Å². The van der Waals surface area contributed by atoms with Gasteiger partial charge in [-0.2, -0.15) is 15.1 Å². The van der Waals surface area contributed by atoms with Gasteiger partial charge in [-0.3, -0.25) is 47.0 Å². The molecule has 2 aliphatic heterocycles. The molecule has 1 radical (unpaired) electrons. The van der Waals surface area contributed by atoms with Crippen molar-refractivity contribution in [2.75, 3.05) is 44.3 Å². The van der Waals surface area contributed by atoms with E-state index in [1.807, 2.05) is 36.4 Å². The number of ether oxygens (including phenoxy) is 6. The SMILES string of the molecule is CC(=O)/C=C(/C)[O-].CC(=O)/C=C(/C)[O-].CC(=O)/C=C(/C)[O-].CC(C)(C)OC(=O)OC1[C@@H](CO)O[C@@H](n2ccc(N)nc2=O)[C@H]1F.CCN(CC)CC.C[C@H](NP(=O)(Cl)Oc1ccccc1)C(=O)OCc1ccccc1.C[C@H](NP(=O)(OC[C@H]1O[C@@H](n2ccc(N)nc2=O)[C@@H](F)C1O)Oc1ccccc1)C(=O)OCc1ccccc1.F.F.[Fe+3]. The van der Waals surface area contributed by atoms with Crippen molar-refractivity contribution in [1.82, 2.24) is 34.2 Å². The van der Waals surface area contributed by atoms with Crippen molar-refractivity contribution in [2.45, 2.75) is 177 Å². The summed E-state index contributed by atoms with van der Waals surface area (Å²) in [6.07, 6.45) is -8.06. The zero-order valence-electron chi connectivity index (χ0n) is 66.8. The van der Waals surface area contributed by atoms with Crippen LogP contribution in [0.2, 0.25) is 0 Å². The maximum absolute atomic E-state index is 14.9. The average molecular weight is 1760 g/mol. The fourth-order valence-corrected chi connectivity index (χ4v) is 12.4. The van der Waals surface area contributed by atoms with Gasteiger partial charge in [0.25, 0.3) is 0 Å². The molecule has 117 heavy (non-hydrogen) atoms. The van der Waals surface area contributed by atoms with E-state index in [9.17, 15) is 81.8 Å². The number of carbonyl (C=O) groups excluding carboxylic acids is 6. The van der Waals surface area contributed by atoms with E-state index < -0.39 is 124 Å². The van der Waals surface area contributed by atoms with Gasteiger partial charge in [-0.25, -0.2) is 37.4 Å². The van der Waals surface area contributed by atoms with Crippen LogP contribution in [0.3, 0.4) is 0 Å². The van der Waals surface area contributed by atoms with Gasteiger partial charge < -0.3 is 79.4 Å². The molecule has 4 unspecified atom stereocenters. The Morgan fingerprint density at radius 2 is 0.974 bits per heavy atom. The van der Waals surface area contributed by atoms with Gasteiger partial charge in [0.05, 0.1) is 13.2 Å². The zero-order valence-corrected chi connectivity index (χ0v) is 70.4. The topological polar surface area (TPSA) is 478 Å². The third-order valence-corrected chi connectivity index (χ3v) is 17.7. The molecule has 0 saturated carbocycles. The number of benzene rings is 4. The number of alkyl halides is 2. The molecule has 2 aromatic heterocycles. The second kappa shape index (κ2) is 55.9. The number of hydrogen-bond donors (Lipinski definition) is 6. The molecule has 6 aromatic rings. The molecule has 2 saturated heterocycles. The Labute approximate surface area is 690 Å². The molecule has 0 aliphatic carbocycles. The first-order valence-corrected chi connectivity index (χ1v) is 39.3. The molecule has 8 rings (SSSR count). The van der Waals surface area contributed by atoms with E-state index in [0.29, 0.717) is 5.75 Å². The molecule has 8 N–H and O–H groups in total. The van der Waals surface area contributed by atoms with Gasteiger partial charge in [-0.05, 0) is 141 Å². The minimum atomic E-state index is -4.32. The summed E-state index contributed by atoms with van der Waals surface area (Å²) in [5, 5.41) is 54.6. The molecule has 4 heterocycles. The predicted molar refractivity (Wildman–Crippen MR) is 418 cm³/mol. The summed E-state index contributed by atoms with van der Waals surface area (Å²) in [4.78, 5) is 99.5. The van der Waals surface area contributed by atoms with E-state index in [4.69, 9.17) is 64.7 Å². The molecule has 2 fully saturated rings. The smallest absolute Gasteiger partial charge is 0.876 e. The molecule has 0 spiro atoms. The van der Waals surface area contributed by atoms with E-state index in [1.165, 1.54) is 112 Å². The van der Waals surface area contributed by atoms with Crippen molar-refractivity contribution in [1.29, 1.82) is 0 Å². The molecule has 12 atom stereocenters. The number of aliphatic hydroxyl groups excluding tert-OH is 2. The van der Waals surface area contributed by atoms with Gasteiger partial charge in [-0.1, -0.05) is 139 Å². The fourth-order valence-electron chi connectivity index (χ4n) is 9.23. The van der Waals surface area contributed by atoms with Gasteiger partial charge in [0.2, 0.25) is 0 Å². The Hall–Kier alpha value is -9.65. The standard InChI is InChI=1S/C25H28FN4O8P.C16H17ClNO4P.C14H20FN3O6.C6H15N.3C5H8O2.2FH.Fe/c1-16(24(32)35-14-17-8-4-2-5-9-17)29-39(34,38-18-10-6-3-7-11-18)36-15-19-22(31)21(26)23(37-19)30-13-12-20(27)28-25(30)33;1-13(16(19)21-12-14-8-4-2-5-9-14)18-23(17,20)22-15-10-6-3-7-11-15;1-14(2,3)24-13(21)23-10-7(6-19)22-11(9(10)15)18-5-4-8(16)17-12(18)20;1-4-7(5-2)6-3;3*1-4(6)3-5(2)7;;;/h2-13,16,19,21-23,31H,14-15H2,1H3,(H,29,34)(H2,27,28,33);2-11,13H,12H2,1H3,(H,18,20);4-5,7,9-11,19H,6H2,1-3H3,(H2,16,17,20);4-6H2,1-3H3;3*3,6H,1-2H3;2*1H;/q;;;;;;;;;+3/p-3/b;;;;3*4-3-;;;/t16-,19+,21-,22?,23+,39?;13-,23?;7-,9+,10?,11-;;;;;;;/m001......./s1. The van der Waals surface area contributed by atoms with E-state index in [1.54, 1.807) is 93.6 Å². The van der Waals surface area contributed by atoms with Crippen molar-refractivity contribution in [3.63, 3.8) is 0 Å². The summed E-state index contributed by atoms with van der Waals surface area (Å²) in [6, 6.07) is 35.3. The van der Waals surface area contributed by atoms with E-state index in [-0.39, 0.29) is 91.7 Å². The number of nitrogens with two attached hydrogens (primary N) is 2. The number of nitrogens with zero attached hydrogens (tertiary/aromatic N) is 5. The van der Waals surface area contributed by atoms with Crippen LogP contribution in [0.1, 0.15) is 121 Å². The second-order valence-electron chi connectivity index (χ2n) is 25.5. The molecule has 41 heteroatoms. The van der Waals surface area contributed by atoms with Gasteiger partial charge in [0.1, 0.15) is 72.3 Å². The monoisotopic (exact) mass is 1750 g/mol. The summed E-state index contributed by atoms with van der Waals surface area (Å²) in [6.45, 7) is 21.2. The van der Waals surface area contributed by atoms with Crippen LogP contribution in [0.15, 0.2) is 191 Å². The van der Waals surface area contributed by atoms with Crippen LogP contribution in [0.5, 0.6) is 11.5 Å². The Bertz CT molecular complexity index is 4220. The number of hydrogen-bond acceptors (Lipinski definition) is 29. The Balaban J connectivity index is 0. The first-order valence-electron chi connectivity index (χ1n) is 35.2. The van der Waals surface area contributed by atoms with Crippen LogP contribution in [0.25, 0.3) is 0 Å². The van der Waals surface area contributed by atoms with Crippen LogP contribution in [0.4, 0.5) is 34.6 Å². The number of allylic oxidation sites excluding steroid dienone is 6. The quantitative estimate of drug-likeness (QED) is 0.00540. The second-order valence-corrected chi connectivity index (χ2v) is 29.9. The molecule has 33 nitrogen and oxygen atoms in total. The summed E-state index contributed by atoms with van der Waals surface area (Å²) in [5.74, 6) is -1.99. The number of rotatable bonds is 27. The Morgan fingerprint density at radius 1 is 0.615 bits per heavy atom. The van der Waals surface area contributed by atoms with Crippen molar-refractivity contribution < 1.29 is 141 Å². The zero-order chi connectivity index (χ0) is 86.1. The van der Waals surface area contributed by atoms with Crippen molar-refractivity contribution >= 4 is 72.9 Å². The summed E-state index contributed by atoms with van der Waals surface area (Å²) >= 11 is 5.84. The normalized spacial score (nSPS) is 18.8. The number of esters is 2. The number of nitrogen functional groups attached to an aromatic ring is 2. The largest absolute Gasteiger partial charge is 3.00 e. The first-order chi connectivity index (χ1) is 53.5. The maximum atomic E-state index is 14.9. The number of ketones is 3. The molecule has 4 aromatic carbocycles. The predicted octanol–water partition coefficient (Wildman–Crippen LogP) is 8.02. The summed E-state index contributed by atoms with van der Waals surface area (Å²) in [5.41, 5.74) is 9.95. The minimum absolute atomic E-state index is 0. The van der Waals surface area contributed by atoms with Gasteiger partial charge in [0.15, 0.2) is 48.3 Å². The molecule has 0 bridgehead atoms. The minimum Gasteiger partial charge on any atom is -0.876 e. The number of halogens is 5. The van der Waals surface area contributed by atoms with Crippen LogP contribution >= 0.6 is 25.9 Å². The number of anilines is 2. The molecular formula is C76H103ClF4FeN9O24P2. The molecule has 2 aliphatic rings. The van der Waals surface area contributed by atoms with Crippen LogP contribution in [0, 0.1) is 0 Å². The Kier molecular flexibility index (Phi) is 52.2. The first kappa shape index (κ1) is 109. The third kappa shape index (κ3) is 44.5. The van der Waals surface area contributed by atoms with E-state index >= 15 is 0 Å². The maximum Gasteiger partial charge on any atom is 3.00 e. The van der Waals surface area contributed by atoms with Crippen molar-refractivity contribution in [3.05, 3.63) is 213 Å². The van der Waals surface area contributed by atoms with Crippen LogP contribution in [-0.4, -0.2) is 157 Å². The van der Waals surface area contributed by atoms with Gasteiger partial charge >= 0.3 is 61.2 Å². The molecule has 649 valence electrons. The van der Waals surface area contributed by atoms with Crippen molar-refractivity contribution in [3.8, 4) is 11.5 Å². The number of para-hydroxylation sites is 2. The molecular weight excluding hydrogens is 1650 g/mol. The van der Waals surface area contributed by atoms with E-state index in [0.717, 1.165) is 38.5 Å². The summed E-state index contributed by atoms with van der Waals surface area (Å²) < 4.78 is 105. The van der Waals surface area contributed by atoms with Gasteiger partial charge in [-0.15, -0.1) is 17.3 Å². The van der Waals surface area contributed by atoms with Gasteiger partial charge in [0, 0.05) is 23.6 Å². The molecule has 0 amide bonds. The number of carbonyl (C=O) groups is 6. The van der Waals surface area contributed by atoms with E-state index in [2.05, 4.69) is 45.8 Å². The number of nitrogens with one attached hydrogen (secondary N) is 2. The average Bonchev–Trinajstić information content (AvgIpc) is 1.65. The Morgan fingerprint density at radius 3 is 1.31 bits per heavy atom. The van der Waals surface area contributed by atoms with Crippen molar-refractivity contribution in [2.24, 2.45) is 0 Å². The van der Waals surface area contributed by atoms with Crippen LogP contribution < -0.4 is 57.4 Å². The number of aliphatic hydroxyl groups is 2. The summed E-state index contributed by atoms with van der Waals surface area (Å²) in [7, 11) is -4.32. The number of aromatic nitrogens is 4.